The normalized spacial score (nSPS) is 11.3. The molecule has 0 unspecified atom stereocenters. The number of hydrogen-bond donors (Lipinski definition) is 0. The first-order valence-corrected chi connectivity index (χ1v) is 19.2. The highest BCUT2D eigenvalue weighted by Gasteiger charge is 2.19. The molecular weight excluding hydrogens is 671 g/mol. The third-order valence-corrected chi connectivity index (χ3v) is 11.8. The summed E-state index contributed by atoms with van der Waals surface area (Å²) >= 11 is 1.89. The summed E-state index contributed by atoms with van der Waals surface area (Å²) in [5.74, 6) is 0. The average molecular weight is 706 g/mol. The van der Waals surface area contributed by atoms with Crippen LogP contribution in [0, 0.1) is 0 Å². The summed E-state index contributed by atoms with van der Waals surface area (Å²) in [6.07, 6.45) is 0. The first-order valence-electron chi connectivity index (χ1n) is 18.4. The second-order valence-electron chi connectivity index (χ2n) is 13.7. The topological polar surface area (TPSA) is 3.24 Å². The monoisotopic (exact) mass is 705 g/mol. The van der Waals surface area contributed by atoms with Crippen LogP contribution in [-0.4, -0.2) is 0 Å². The fraction of sp³-hybridized carbons (Fsp3) is 0. The van der Waals surface area contributed by atoms with Crippen molar-refractivity contribution in [3.63, 3.8) is 0 Å². The molecule has 2 heteroatoms. The minimum atomic E-state index is 1.12. The summed E-state index contributed by atoms with van der Waals surface area (Å²) in [6, 6.07) is 77.0. The predicted octanol–water partition coefficient (Wildman–Crippen LogP) is 15.3. The van der Waals surface area contributed by atoms with Gasteiger partial charge in [-0.1, -0.05) is 182 Å². The van der Waals surface area contributed by atoms with Crippen LogP contribution in [0.4, 0.5) is 17.1 Å². The molecule has 0 radical (unpaired) electrons. The highest BCUT2D eigenvalue weighted by molar-refractivity contribution is 7.27. The van der Waals surface area contributed by atoms with Gasteiger partial charge < -0.3 is 4.90 Å². The summed E-state index contributed by atoms with van der Waals surface area (Å²) < 4.78 is 2.61. The average Bonchev–Trinajstić information content (AvgIpc) is 3.65. The fourth-order valence-corrected chi connectivity index (χ4v) is 9.05. The molecular formula is C52H35NS. The van der Waals surface area contributed by atoms with E-state index in [1.807, 2.05) is 11.3 Å². The van der Waals surface area contributed by atoms with Crippen molar-refractivity contribution in [2.45, 2.75) is 0 Å². The SMILES string of the molecule is c1ccc(-c2ccc(-c3ccc(N(c4cccc(-c5ccc(-c6ccccc6)cc5)c4)c4cccc5c4sc4c6ccccc6ccc54)cc3)cc2)cc1. The van der Waals surface area contributed by atoms with E-state index in [4.69, 9.17) is 0 Å². The van der Waals surface area contributed by atoms with E-state index >= 15 is 0 Å². The lowest BCUT2D eigenvalue weighted by molar-refractivity contribution is 1.30. The van der Waals surface area contributed by atoms with E-state index in [0.717, 1.165) is 11.4 Å². The lowest BCUT2D eigenvalue weighted by atomic mass is 9.99. The molecule has 0 N–H and O–H groups in total. The van der Waals surface area contributed by atoms with Crippen molar-refractivity contribution in [1.82, 2.24) is 0 Å². The van der Waals surface area contributed by atoms with E-state index in [1.165, 1.54) is 81.1 Å². The second-order valence-corrected chi connectivity index (χ2v) is 14.8. The molecule has 54 heavy (non-hydrogen) atoms. The van der Waals surface area contributed by atoms with Crippen molar-refractivity contribution in [1.29, 1.82) is 0 Å². The Hall–Kier alpha value is -6.74. The Balaban J connectivity index is 1.09. The molecule has 1 heterocycles. The molecule has 254 valence electrons. The molecule has 9 aromatic carbocycles. The Morgan fingerprint density at radius 1 is 0.278 bits per heavy atom. The Bertz CT molecular complexity index is 2890. The Morgan fingerprint density at radius 2 is 0.741 bits per heavy atom. The van der Waals surface area contributed by atoms with E-state index in [1.54, 1.807) is 0 Å². The molecule has 0 aliphatic heterocycles. The molecule has 1 nitrogen and oxygen atoms in total. The van der Waals surface area contributed by atoms with Crippen LogP contribution in [-0.2, 0) is 0 Å². The molecule has 0 saturated heterocycles. The standard InChI is InChI=1S/C52H35NS/c1-3-11-36(12-4-1)38-21-23-40(24-22-38)41-29-32-45(33-30-41)53(46-17-9-16-44(35-46)42-27-25-39(26-28-42)37-13-5-2-6-14-37)50-20-10-19-48-49-34-31-43-15-7-8-18-47(43)51(49)54-52(48)50/h1-35H. The first kappa shape index (κ1) is 32.0. The summed E-state index contributed by atoms with van der Waals surface area (Å²) in [7, 11) is 0. The van der Waals surface area contributed by atoms with Gasteiger partial charge in [0.1, 0.15) is 0 Å². The van der Waals surface area contributed by atoms with Gasteiger partial charge in [-0.25, -0.2) is 0 Å². The lowest BCUT2D eigenvalue weighted by Gasteiger charge is -2.27. The van der Waals surface area contributed by atoms with Gasteiger partial charge in [-0.15, -0.1) is 11.3 Å². The first-order chi connectivity index (χ1) is 26.8. The fourth-order valence-electron chi connectivity index (χ4n) is 7.71. The van der Waals surface area contributed by atoms with E-state index in [2.05, 4.69) is 217 Å². The molecule has 0 bridgehead atoms. The maximum atomic E-state index is 2.43. The molecule has 10 aromatic rings. The highest BCUT2D eigenvalue weighted by atomic mass is 32.1. The van der Waals surface area contributed by atoms with Crippen LogP contribution in [0.1, 0.15) is 0 Å². The molecule has 0 spiro atoms. The van der Waals surface area contributed by atoms with Crippen molar-refractivity contribution in [2.24, 2.45) is 0 Å². The molecule has 0 amide bonds. The lowest BCUT2D eigenvalue weighted by Crippen LogP contribution is -2.10. The van der Waals surface area contributed by atoms with Crippen LogP contribution in [0.15, 0.2) is 212 Å². The van der Waals surface area contributed by atoms with E-state index in [9.17, 15) is 0 Å². The number of rotatable bonds is 7. The van der Waals surface area contributed by atoms with Gasteiger partial charge in [-0.2, -0.15) is 0 Å². The second kappa shape index (κ2) is 13.7. The molecule has 0 fully saturated rings. The summed E-state index contributed by atoms with van der Waals surface area (Å²) in [6.45, 7) is 0. The van der Waals surface area contributed by atoms with Crippen molar-refractivity contribution >= 4 is 59.3 Å². The third kappa shape index (κ3) is 5.84. The van der Waals surface area contributed by atoms with Crippen molar-refractivity contribution in [3.8, 4) is 44.5 Å². The number of benzene rings is 9. The van der Waals surface area contributed by atoms with Gasteiger partial charge in [0.15, 0.2) is 0 Å². The van der Waals surface area contributed by atoms with Gasteiger partial charge in [-0.3, -0.25) is 0 Å². The quantitative estimate of drug-likeness (QED) is 0.160. The Morgan fingerprint density at radius 3 is 1.37 bits per heavy atom. The van der Waals surface area contributed by atoms with Gasteiger partial charge in [0, 0.05) is 26.8 Å². The summed E-state index contributed by atoms with van der Waals surface area (Å²) in [4.78, 5) is 2.43. The van der Waals surface area contributed by atoms with E-state index in [-0.39, 0.29) is 0 Å². The van der Waals surface area contributed by atoms with Crippen LogP contribution in [0.2, 0.25) is 0 Å². The van der Waals surface area contributed by atoms with Crippen LogP contribution in [0.3, 0.4) is 0 Å². The zero-order valence-electron chi connectivity index (χ0n) is 29.6. The van der Waals surface area contributed by atoms with Gasteiger partial charge in [0.05, 0.1) is 10.4 Å². The van der Waals surface area contributed by atoms with Crippen molar-refractivity contribution < 1.29 is 0 Å². The number of thiophene rings is 1. The van der Waals surface area contributed by atoms with Crippen molar-refractivity contribution in [2.75, 3.05) is 4.90 Å². The molecule has 0 aliphatic carbocycles. The van der Waals surface area contributed by atoms with Crippen molar-refractivity contribution in [3.05, 3.63) is 212 Å². The molecule has 0 aliphatic rings. The molecule has 1 aromatic heterocycles. The zero-order chi connectivity index (χ0) is 35.8. The zero-order valence-corrected chi connectivity index (χ0v) is 30.4. The van der Waals surface area contributed by atoms with Crippen LogP contribution in [0.5, 0.6) is 0 Å². The minimum absolute atomic E-state index is 1.12. The molecule has 0 saturated carbocycles. The summed E-state index contributed by atoms with van der Waals surface area (Å²) in [5.41, 5.74) is 13.1. The van der Waals surface area contributed by atoms with Gasteiger partial charge >= 0.3 is 0 Å². The van der Waals surface area contributed by atoms with Gasteiger partial charge in [-0.05, 0) is 85.6 Å². The smallest absolute Gasteiger partial charge is 0.0640 e. The maximum Gasteiger partial charge on any atom is 0.0640 e. The predicted molar refractivity (Wildman–Crippen MR) is 233 cm³/mol. The Kier molecular flexibility index (Phi) is 8.09. The molecule has 0 atom stereocenters. The van der Waals surface area contributed by atoms with Crippen LogP contribution >= 0.6 is 11.3 Å². The number of nitrogens with zero attached hydrogens (tertiary/aromatic N) is 1. The minimum Gasteiger partial charge on any atom is -0.309 e. The van der Waals surface area contributed by atoms with Crippen LogP contribution < -0.4 is 4.90 Å². The summed E-state index contributed by atoms with van der Waals surface area (Å²) in [5, 5.41) is 5.16. The molecule has 10 rings (SSSR count). The number of fused-ring (bicyclic) bond motifs is 5. The van der Waals surface area contributed by atoms with E-state index in [0.29, 0.717) is 0 Å². The largest absolute Gasteiger partial charge is 0.309 e. The number of anilines is 3. The van der Waals surface area contributed by atoms with Crippen LogP contribution in [0.25, 0.3) is 75.5 Å². The highest BCUT2D eigenvalue weighted by Crippen LogP contribution is 2.47. The Labute approximate surface area is 319 Å². The maximum absolute atomic E-state index is 2.43. The van der Waals surface area contributed by atoms with E-state index < -0.39 is 0 Å². The third-order valence-electron chi connectivity index (χ3n) is 10.5. The number of hydrogen-bond acceptors (Lipinski definition) is 2. The van der Waals surface area contributed by atoms with Gasteiger partial charge in [0.2, 0.25) is 0 Å². The van der Waals surface area contributed by atoms with Gasteiger partial charge in [0.25, 0.3) is 0 Å².